The maximum atomic E-state index is 11.6. The predicted molar refractivity (Wildman–Crippen MR) is 71.8 cm³/mol. The quantitative estimate of drug-likeness (QED) is 0.772. The van der Waals surface area contributed by atoms with Crippen LogP contribution in [-0.4, -0.2) is 17.3 Å². The molecule has 0 bridgehead atoms. The molecular formula is C13H24BrNO. The van der Waals surface area contributed by atoms with Gasteiger partial charge in [0, 0.05) is 6.54 Å². The molecule has 1 amide bonds. The Hall–Kier alpha value is -0.0500. The van der Waals surface area contributed by atoms with Gasteiger partial charge in [-0.25, -0.2) is 0 Å². The standard InChI is InChI=1S/C13H24BrNO/c1-10(2)8-13(6-4-5-7-13)9-15-12(16)11(3)14/h10-11H,4-9H2,1-3H3,(H,15,16). The van der Waals surface area contributed by atoms with Crippen LogP contribution in [0.1, 0.15) is 52.9 Å². The molecule has 0 saturated heterocycles. The van der Waals surface area contributed by atoms with E-state index >= 15 is 0 Å². The zero-order valence-electron chi connectivity index (χ0n) is 10.7. The van der Waals surface area contributed by atoms with Crippen molar-refractivity contribution in [3.8, 4) is 0 Å². The van der Waals surface area contributed by atoms with Crippen molar-refractivity contribution < 1.29 is 4.79 Å². The third-order valence-corrected chi connectivity index (χ3v) is 3.92. The molecule has 1 rings (SSSR count). The second-order valence-corrected chi connectivity index (χ2v) is 7.01. The van der Waals surface area contributed by atoms with E-state index < -0.39 is 0 Å². The maximum Gasteiger partial charge on any atom is 0.233 e. The Balaban J connectivity index is 2.48. The highest BCUT2D eigenvalue weighted by Crippen LogP contribution is 2.42. The molecular weight excluding hydrogens is 266 g/mol. The highest BCUT2D eigenvalue weighted by Gasteiger charge is 2.34. The molecule has 0 heterocycles. The molecule has 0 aromatic rings. The smallest absolute Gasteiger partial charge is 0.233 e. The molecule has 1 unspecified atom stereocenters. The van der Waals surface area contributed by atoms with E-state index in [4.69, 9.17) is 0 Å². The number of hydrogen-bond acceptors (Lipinski definition) is 1. The number of nitrogens with one attached hydrogen (secondary N) is 1. The van der Waals surface area contributed by atoms with Gasteiger partial charge in [0.15, 0.2) is 0 Å². The third-order valence-electron chi connectivity index (χ3n) is 3.50. The van der Waals surface area contributed by atoms with Gasteiger partial charge in [-0.1, -0.05) is 42.6 Å². The van der Waals surface area contributed by atoms with Gasteiger partial charge in [0.05, 0.1) is 4.83 Å². The summed E-state index contributed by atoms with van der Waals surface area (Å²) in [6.45, 7) is 7.28. The summed E-state index contributed by atoms with van der Waals surface area (Å²) in [5, 5.41) is 3.08. The molecule has 0 spiro atoms. The Morgan fingerprint density at radius 1 is 1.31 bits per heavy atom. The molecule has 1 aliphatic rings. The lowest BCUT2D eigenvalue weighted by Crippen LogP contribution is -2.39. The van der Waals surface area contributed by atoms with Crippen LogP contribution in [0.3, 0.4) is 0 Å². The molecule has 1 aliphatic carbocycles. The fourth-order valence-corrected chi connectivity index (χ4v) is 3.02. The predicted octanol–water partition coefficient (Wildman–Crippen LogP) is 3.49. The van der Waals surface area contributed by atoms with Crippen molar-refractivity contribution in [2.24, 2.45) is 11.3 Å². The molecule has 94 valence electrons. The van der Waals surface area contributed by atoms with E-state index in [9.17, 15) is 4.79 Å². The molecule has 1 saturated carbocycles. The van der Waals surface area contributed by atoms with Crippen molar-refractivity contribution in [2.75, 3.05) is 6.54 Å². The largest absolute Gasteiger partial charge is 0.355 e. The number of carbonyl (C=O) groups is 1. The van der Waals surface area contributed by atoms with E-state index in [0.717, 1.165) is 12.5 Å². The van der Waals surface area contributed by atoms with Crippen molar-refractivity contribution in [3.05, 3.63) is 0 Å². The maximum absolute atomic E-state index is 11.6. The minimum Gasteiger partial charge on any atom is -0.355 e. The number of amides is 1. The summed E-state index contributed by atoms with van der Waals surface area (Å²) in [4.78, 5) is 11.5. The SMILES string of the molecule is CC(C)CC1(CNC(=O)C(C)Br)CCCC1. The Morgan fingerprint density at radius 2 is 1.88 bits per heavy atom. The lowest BCUT2D eigenvalue weighted by molar-refractivity contribution is -0.120. The van der Waals surface area contributed by atoms with Crippen molar-refractivity contribution in [1.82, 2.24) is 5.32 Å². The first-order valence-electron chi connectivity index (χ1n) is 6.37. The zero-order valence-corrected chi connectivity index (χ0v) is 12.3. The first-order valence-corrected chi connectivity index (χ1v) is 7.28. The third kappa shape index (κ3) is 4.08. The van der Waals surface area contributed by atoms with Gasteiger partial charge in [0.1, 0.15) is 0 Å². The minimum atomic E-state index is -0.0787. The van der Waals surface area contributed by atoms with E-state index in [2.05, 4.69) is 35.1 Å². The Bertz CT molecular complexity index is 232. The van der Waals surface area contributed by atoms with Gasteiger partial charge in [-0.15, -0.1) is 0 Å². The molecule has 1 atom stereocenters. The number of hydrogen-bond donors (Lipinski definition) is 1. The minimum absolute atomic E-state index is 0.0787. The normalized spacial score (nSPS) is 21.1. The van der Waals surface area contributed by atoms with Crippen molar-refractivity contribution in [1.29, 1.82) is 0 Å². The molecule has 16 heavy (non-hydrogen) atoms. The lowest BCUT2D eigenvalue weighted by Gasteiger charge is -2.31. The fraction of sp³-hybridized carbons (Fsp3) is 0.923. The molecule has 2 nitrogen and oxygen atoms in total. The van der Waals surface area contributed by atoms with Gasteiger partial charge in [-0.05, 0) is 37.5 Å². The highest BCUT2D eigenvalue weighted by molar-refractivity contribution is 9.10. The zero-order chi connectivity index (χ0) is 12.2. The van der Waals surface area contributed by atoms with Crippen LogP contribution in [0.15, 0.2) is 0 Å². The van der Waals surface area contributed by atoms with E-state index in [0.29, 0.717) is 5.41 Å². The molecule has 0 aromatic carbocycles. The first-order chi connectivity index (χ1) is 7.45. The van der Waals surface area contributed by atoms with Crippen molar-refractivity contribution in [2.45, 2.75) is 57.7 Å². The van der Waals surface area contributed by atoms with Crippen LogP contribution in [0.25, 0.3) is 0 Å². The molecule has 1 fully saturated rings. The second-order valence-electron chi connectivity index (χ2n) is 5.64. The highest BCUT2D eigenvalue weighted by atomic mass is 79.9. The van der Waals surface area contributed by atoms with Crippen LogP contribution in [-0.2, 0) is 4.79 Å². The summed E-state index contributed by atoms with van der Waals surface area (Å²) in [5.74, 6) is 0.839. The van der Waals surface area contributed by atoms with Crippen LogP contribution in [0.4, 0.5) is 0 Å². The molecule has 1 N–H and O–H groups in total. The Kier molecular flexibility index (Phi) is 5.29. The van der Waals surface area contributed by atoms with E-state index in [-0.39, 0.29) is 10.7 Å². The fourth-order valence-electron chi connectivity index (χ4n) is 2.86. The van der Waals surface area contributed by atoms with Gasteiger partial charge in [0.25, 0.3) is 0 Å². The summed E-state index contributed by atoms with van der Waals surface area (Å²) in [7, 11) is 0. The summed E-state index contributed by atoms with van der Waals surface area (Å²) < 4.78 is 0. The topological polar surface area (TPSA) is 29.1 Å². The van der Waals surface area contributed by atoms with E-state index in [1.54, 1.807) is 0 Å². The summed E-state index contributed by atoms with van der Waals surface area (Å²) in [6, 6.07) is 0. The van der Waals surface area contributed by atoms with E-state index in [1.165, 1.54) is 32.1 Å². The van der Waals surface area contributed by atoms with Gasteiger partial charge in [0.2, 0.25) is 5.91 Å². The van der Waals surface area contributed by atoms with Crippen LogP contribution in [0.2, 0.25) is 0 Å². The molecule has 0 radical (unpaired) electrons. The van der Waals surface area contributed by atoms with E-state index in [1.807, 2.05) is 6.92 Å². The van der Waals surface area contributed by atoms with Gasteiger partial charge in [-0.3, -0.25) is 4.79 Å². The summed E-state index contributed by atoms with van der Waals surface area (Å²) in [6.07, 6.45) is 6.45. The first kappa shape index (κ1) is 14.0. The Labute approximate surface area is 108 Å². The lowest BCUT2D eigenvalue weighted by atomic mass is 9.78. The van der Waals surface area contributed by atoms with Crippen molar-refractivity contribution >= 4 is 21.8 Å². The number of carbonyl (C=O) groups excluding carboxylic acids is 1. The van der Waals surface area contributed by atoms with Crippen LogP contribution < -0.4 is 5.32 Å². The summed E-state index contributed by atoms with van der Waals surface area (Å²) in [5.41, 5.74) is 0.381. The van der Waals surface area contributed by atoms with Gasteiger partial charge in [-0.2, -0.15) is 0 Å². The van der Waals surface area contributed by atoms with Crippen LogP contribution >= 0.6 is 15.9 Å². The average Bonchev–Trinajstić information content (AvgIpc) is 2.62. The number of halogens is 1. The molecule has 3 heteroatoms. The van der Waals surface area contributed by atoms with Crippen LogP contribution in [0, 0.1) is 11.3 Å². The van der Waals surface area contributed by atoms with Gasteiger partial charge >= 0.3 is 0 Å². The average molecular weight is 290 g/mol. The summed E-state index contributed by atoms with van der Waals surface area (Å²) >= 11 is 3.31. The Morgan fingerprint density at radius 3 is 2.31 bits per heavy atom. The molecule has 0 aliphatic heterocycles. The van der Waals surface area contributed by atoms with Gasteiger partial charge < -0.3 is 5.32 Å². The number of rotatable bonds is 5. The second kappa shape index (κ2) is 6.04. The monoisotopic (exact) mass is 289 g/mol. The van der Waals surface area contributed by atoms with Crippen molar-refractivity contribution in [3.63, 3.8) is 0 Å². The number of alkyl halides is 1. The molecule has 0 aromatic heterocycles. The van der Waals surface area contributed by atoms with Crippen LogP contribution in [0.5, 0.6) is 0 Å².